The molecule has 0 spiro atoms. The lowest BCUT2D eigenvalue weighted by atomic mass is 9.77. The van der Waals surface area contributed by atoms with Gasteiger partial charge in [0.2, 0.25) is 0 Å². The van der Waals surface area contributed by atoms with Crippen molar-refractivity contribution in [1.29, 1.82) is 0 Å². The molecule has 0 saturated carbocycles. The first kappa shape index (κ1) is 15.4. The average molecular weight is 336 g/mol. The van der Waals surface area contributed by atoms with E-state index < -0.39 is 5.97 Å². The summed E-state index contributed by atoms with van der Waals surface area (Å²) in [6, 6.07) is 11.9. The molecule has 0 bridgehead atoms. The standard InChI is InChI=1S/C19H16N2O4/c22-19(23)12-6-4-11(5-7-12)18-15-3-1-2-14(15)16-10-13(21(24)25)8-9-17(16)20-18/h1-2,4-10,14-15,18,20H,3H2,(H,22,23)/t14-,15-,18-/m1/s1. The van der Waals surface area contributed by atoms with Gasteiger partial charge in [-0.1, -0.05) is 24.3 Å². The van der Waals surface area contributed by atoms with Crippen LogP contribution in [0.1, 0.15) is 39.9 Å². The Labute approximate surface area is 144 Å². The number of aromatic carboxylic acids is 1. The molecule has 0 radical (unpaired) electrons. The van der Waals surface area contributed by atoms with Gasteiger partial charge in [0, 0.05) is 23.7 Å². The molecule has 2 aromatic carbocycles. The second-order valence-electron chi connectivity index (χ2n) is 6.43. The van der Waals surface area contributed by atoms with Crippen LogP contribution in [0.25, 0.3) is 0 Å². The molecule has 2 aliphatic rings. The van der Waals surface area contributed by atoms with Crippen molar-refractivity contribution >= 4 is 17.3 Å². The molecule has 2 N–H and O–H groups in total. The van der Waals surface area contributed by atoms with E-state index in [0.29, 0.717) is 0 Å². The number of carboxylic acids is 1. The first-order chi connectivity index (χ1) is 12.0. The lowest BCUT2D eigenvalue weighted by molar-refractivity contribution is -0.384. The van der Waals surface area contributed by atoms with Crippen molar-refractivity contribution in [1.82, 2.24) is 0 Å². The fourth-order valence-electron chi connectivity index (χ4n) is 3.86. The highest BCUT2D eigenvalue weighted by Crippen LogP contribution is 2.50. The lowest BCUT2D eigenvalue weighted by Gasteiger charge is -2.37. The number of non-ortho nitro benzene ring substituents is 1. The van der Waals surface area contributed by atoms with Crippen LogP contribution in [-0.4, -0.2) is 16.0 Å². The number of rotatable bonds is 3. The van der Waals surface area contributed by atoms with Crippen LogP contribution < -0.4 is 5.32 Å². The van der Waals surface area contributed by atoms with Crippen LogP contribution in [0, 0.1) is 16.0 Å². The van der Waals surface area contributed by atoms with Gasteiger partial charge in [-0.2, -0.15) is 0 Å². The van der Waals surface area contributed by atoms with Gasteiger partial charge in [0.25, 0.3) is 5.69 Å². The van der Waals surface area contributed by atoms with Gasteiger partial charge in [-0.25, -0.2) is 4.79 Å². The number of carboxylic acid groups (broad SMARTS) is 1. The van der Waals surface area contributed by atoms with Crippen LogP contribution in [0.3, 0.4) is 0 Å². The monoisotopic (exact) mass is 336 g/mol. The SMILES string of the molecule is O=C(O)c1ccc([C@H]2Nc3ccc([N+](=O)[O-])cc3[C@@H]3C=CC[C@@H]23)cc1. The first-order valence-corrected chi connectivity index (χ1v) is 8.09. The van der Waals surface area contributed by atoms with E-state index in [4.69, 9.17) is 5.11 Å². The molecule has 3 atom stereocenters. The van der Waals surface area contributed by atoms with Gasteiger partial charge in [0.1, 0.15) is 0 Å². The molecule has 4 rings (SSSR count). The predicted octanol–water partition coefficient (Wildman–Crippen LogP) is 4.12. The van der Waals surface area contributed by atoms with Crippen molar-refractivity contribution in [2.75, 3.05) is 5.32 Å². The number of nitro benzene ring substituents is 1. The quantitative estimate of drug-likeness (QED) is 0.500. The number of carbonyl (C=O) groups is 1. The third kappa shape index (κ3) is 2.55. The van der Waals surface area contributed by atoms with E-state index in [1.54, 1.807) is 24.3 Å². The summed E-state index contributed by atoms with van der Waals surface area (Å²) >= 11 is 0. The zero-order valence-corrected chi connectivity index (χ0v) is 13.3. The lowest BCUT2D eigenvalue weighted by Crippen LogP contribution is -2.29. The maximum atomic E-state index is 11.1. The molecule has 1 heterocycles. The van der Waals surface area contributed by atoms with Crippen LogP contribution in [0.5, 0.6) is 0 Å². The maximum Gasteiger partial charge on any atom is 0.335 e. The second-order valence-corrected chi connectivity index (χ2v) is 6.43. The molecule has 1 aliphatic heterocycles. The van der Waals surface area contributed by atoms with E-state index in [1.807, 2.05) is 12.1 Å². The number of hydrogen-bond acceptors (Lipinski definition) is 4. The van der Waals surface area contributed by atoms with Crippen LogP contribution in [-0.2, 0) is 0 Å². The number of fused-ring (bicyclic) bond motifs is 3. The molecule has 126 valence electrons. The van der Waals surface area contributed by atoms with Gasteiger partial charge in [0.05, 0.1) is 16.5 Å². The minimum atomic E-state index is -0.943. The number of anilines is 1. The maximum absolute atomic E-state index is 11.1. The van der Waals surface area contributed by atoms with Crippen LogP contribution >= 0.6 is 0 Å². The Kier molecular flexibility index (Phi) is 3.53. The number of nitrogens with zero attached hydrogens (tertiary/aromatic N) is 1. The van der Waals surface area contributed by atoms with Crippen molar-refractivity contribution in [2.24, 2.45) is 5.92 Å². The smallest absolute Gasteiger partial charge is 0.335 e. The highest BCUT2D eigenvalue weighted by atomic mass is 16.6. The Morgan fingerprint density at radius 1 is 1.20 bits per heavy atom. The summed E-state index contributed by atoms with van der Waals surface area (Å²) in [6.07, 6.45) is 5.11. The minimum absolute atomic E-state index is 0.0387. The summed E-state index contributed by atoms with van der Waals surface area (Å²) < 4.78 is 0. The van der Waals surface area contributed by atoms with E-state index >= 15 is 0 Å². The molecule has 1 aliphatic carbocycles. The summed E-state index contributed by atoms with van der Waals surface area (Å²) in [4.78, 5) is 21.7. The third-order valence-electron chi connectivity index (χ3n) is 5.07. The van der Waals surface area contributed by atoms with Crippen molar-refractivity contribution in [3.05, 3.63) is 81.4 Å². The summed E-state index contributed by atoms with van der Waals surface area (Å²) in [5.74, 6) is -0.563. The van der Waals surface area contributed by atoms with Crippen molar-refractivity contribution < 1.29 is 14.8 Å². The van der Waals surface area contributed by atoms with Gasteiger partial charge >= 0.3 is 5.97 Å². The molecule has 6 nitrogen and oxygen atoms in total. The normalized spacial score (nSPS) is 23.4. The molecule has 0 unspecified atom stereocenters. The van der Waals surface area contributed by atoms with Gasteiger partial charge in [-0.05, 0) is 41.7 Å². The number of hydrogen-bond donors (Lipinski definition) is 2. The van der Waals surface area contributed by atoms with Crippen LogP contribution in [0.2, 0.25) is 0 Å². The van der Waals surface area contributed by atoms with Crippen molar-refractivity contribution in [3.8, 4) is 0 Å². The van der Waals surface area contributed by atoms with Gasteiger partial charge in [-0.15, -0.1) is 0 Å². The Morgan fingerprint density at radius 3 is 2.64 bits per heavy atom. The minimum Gasteiger partial charge on any atom is -0.478 e. The number of allylic oxidation sites excluding steroid dienone is 2. The number of nitrogens with one attached hydrogen (secondary N) is 1. The summed E-state index contributed by atoms with van der Waals surface area (Å²) in [5.41, 5.74) is 3.23. The van der Waals surface area contributed by atoms with E-state index in [0.717, 1.165) is 23.2 Å². The second kappa shape index (κ2) is 5.73. The van der Waals surface area contributed by atoms with E-state index in [1.165, 1.54) is 6.07 Å². The molecule has 6 heteroatoms. The van der Waals surface area contributed by atoms with Crippen LogP contribution in [0.15, 0.2) is 54.6 Å². The summed E-state index contributed by atoms with van der Waals surface area (Å²) in [5, 5.41) is 23.6. The van der Waals surface area contributed by atoms with E-state index in [2.05, 4.69) is 17.5 Å². The van der Waals surface area contributed by atoms with Crippen molar-refractivity contribution in [2.45, 2.75) is 18.4 Å². The first-order valence-electron chi connectivity index (χ1n) is 8.09. The summed E-state index contributed by atoms with van der Waals surface area (Å²) in [7, 11) is 0. The topological polar surface area (TPSA) is 92.5 Å². The average Bonchev–Trinajstić information content (AvgIpc) is 3.10. The van der Waals surface area contributed by atoms with E-state index in [-0.39, 0.29) is 34.1 Å². The fourth-order valence-corrected chi connectivity index (χ4v) is 3.86. The molecule has 2 aromatic rings. The van der Waals surface area contributed by atoms with Gasteiger partial charge < -0.3 is 10.4 Å². The molecule has 0 amide bonds. The molecule has 0 fully saturated rings. The molecule has 25 heavy (non-hydrogen) atoms. The Hall–Kier alpha value is -3.15. The summed E-state index contributed by atoms with van der Waals surface area (Å²) in [6.45, 7) is 0. The highest BCUT2D eigenvalue weighted by molar-refractivity contribution is 5.87. The molecular weight excluding hydrogens is 320 g/mol. The molecular formula is C19H16N2O4. The van der Waals surface area contributed by atoms with Crippen molar-refractivity contribution in [3.63, 3.8) is 0 Å². The predicted molar refractivity (Wildman–Crippen MR) is 92.8 cm³/mol. The zero-order valence-electron chi connectivity index (χ0n) is 13.3. The molecule has 0 aromatic heterocycles. The Bertz CT molecular complexity index is 889. The number of nitro groups is 1. The molecule has 0 saturated heterocycles. The van der Waals surface area contributed by atoms with Crippen LogP contribution in [0.4, 0.5) is 11.4 Å². The Balaban J connectivity index is 1.72. The largest absolute Gasteiger partial charge is 0.478 e. The third-order valence-corrected chi connectivity index (χ3v) is 5.07. The van der Waals surface area contributed by atoms with Gasteiger partial charge in [-0.3, -0.25) is 10.1 Å². The van der Waals surface area contributed by atoms with E-state index in [9.17, 15) is 14.9 Å². The fraction of sp³-hybridized carbons (Fsp3) is 0.211. The Morgan fingerprint density at radius 2 is 1.96 bits per heavy atom. The number of benzene rings is 2. The van der Waals surface area contributed by atoms with Gasteiger partial charge in [0.15, 0.2) is 0 Å². The highest BCUT2D eigenvalue weighted by Gasteiger charge is 2.38. The zero-order chi connectivity index (χ0) is 17.6.